The molecule has 0 saturated carbocycles. The van der Waals surface area contributed by atoms with Crippen LogP contribution in [0, 0.1) is 11.6 Å². The maximum atomic E-state index is 13.4. The summed E-state index contributed by atoms with van der Waals surface area (Å²) in [6.45, 7) is 1.66. The lowest BCUT2D eigenvalue weighted by atomic mass is 10.2. The first kappa shape index (κ1) is 20.5. The minimum absolute atomic E-state index is 0.0409. The minimum Gasteiger partial charge on any atom is -0.476 e. The zero-order valence-corrected chi connectivity index (χ0v) is 16.2. The Balaban J connectivity index is 1.45. The van der Waals surface area contributed by atoms with E-state index < -0.39 is 17.6 Å². The van der Waals surface area contributed by atoms with E-state index in [4.69, 9.17) is 9.84 Å². The quantitative estimate of drug-likeness (QED) is 0.652. The first-order valence-corrected chi connectivity index (χ1v) is 10.2. The van der Waals surface area contributed by atoms with Gasteiger partial charge in [0.25, 0.3) is 0 Å². The van der Waals surface area contributed by atoms with Gasteiger partial charge in [0.2, 0.25) is 5.91 Å². The van der Waals surface area contributed by atoms with Gasteiger partial charge in [0.15, 0.2) is 21.7 Å². The number of halogens is 2. The van der Waals surface area contributed by atoms with Crippen LogP contribution in [-0.2, 0) is 9.53 Å². The molecule has 1 atom stereocenters. The zero-order chi connectivity index (χ0) is 20.1. The number of carboxylic acid groups (broad SMARTS) is 1. The number of thiazole rings is 1. The van der Waals surface area contributed by atoms with Crippen LogP contribution in [0.25, 0.3) is 0 Å². The number of hydrogen-bond donors (Lipinski definition) is 2. The van der Waals surface area contributed by atoms with Gasteiger partial charge in [-0.3, -0.25) is 4.79 Å². The number of aromatic nitrogens is 1. The molecule has 2 heterocycles. The van der Waals surface area contributed by atoms with E-state index in [1.807, 2.05) is 4.90 Å². The van der Waals surface area contributed by atoms with E-state index >= 15 is 0 Å². The molecule has 1 aliphatic rings. The van der Waals surface area contributed by atoms with E-state index in [9.17, 15) is 18.4 Å². The Hall–Kier alpha value is -2.24. The smallest absolute Gasteiger partial charge is 0.355 e. The number of amides is 1. The van der Waals surface area contributed by atoms with Crippen LogP contribution < -0.4 is 10.2 Å². The van der Waals surface area contributed by atoms with Crippen molar-refractivity contribution in [1.29, 1.82) is 0 Å². The van der Waals surface area contributed by atoms with Crippen molar-refractivity contribution < 1.29 is 28.2 Å². The second-order valence-electron chi connectivity index (χ2n) is 5.93. The van der Waals surface area contributed by atoms with Gasteiger partial charge in [-0.2, -0.15) is 0 Å². The molecule has 0 aliphatic carbocycles. The molecule has 0 spiro atoms. The first-order chi connectivity index (χ1) is 13.4. The number of anilines is 1. The normalized spacial score (nSPS) is 16.8. The summed E-state index contributed by atoms with van der Waals surface area (Å²) in [5, 5.41) is 13.0. The number of benzene rings is 1. The molecular weight excluding hydrogens is 412 g/mol. The van der Waals surface area contributed by atoms with Crippen molar-refractivity contribution in [3.05, 3.63) is 40.9 Å². The second-order valence-corrected chi connectivity index (χ2v) is 8.01. The molecule has 1 unspecified atom stereocenters. The Bertz CT molecular complexity index is 865. The van der Waals surface area contributed by atoms with Crippen molar-refractivity contribution in [1.82, 2.24) is 10.3 Å². The molecule has 2 N–H and O–H groups in total. The fraction of sp³-hybridized carbons (Fsp3) is 0.353. The summed E-state index contributed by atoms with van der Waals surface area (Å²) in [5.74, 6) is -3.03. The van der Waals surface area contributed by atoms with Crippen LogP contribution in [0.2, 0.25) is 0 Å². The van der Waals surface area contributed by atoms with E-state index in [1.165, 1.54) is 22.8 Å². The zero-order valence-electron chi connectivity index (χ0n) is 14.6. The van der Waals surface area contributed by atoms with E-state index in [1.54, 1.807) is 0 Å². The molecule has 1 saturated heterocycles. The number of aromatic carboxylic acids is 1. The molecule has 3 rings (SSSR count). The van der Waals surface area contributed by atoms with E-state index in [0.717, 1.165) is 23.9 Å². The molecule has 150 valence electrons. The van der Waals surface area contributed by atoms with Crippen molar-refractivity contribution in [2.45, 2.75) is 10.4 Å². The molecule has 0 bridgehead atoms. The predicted molar refractivity (Wildman–Crippen MR) is 101 cm³/mol. The maximum Gasteiger partial charge on any atom is 0.355 e. The summed E-state index contributed by atoms with van der Waals surface area (Å²) in [7, 11) is 0. The van der Waals surface area contributed by atoms with Gasteiger partial charge >= 0.3 is 5.97 Å². The lowest BCUT2D eigenvalue weighted by molar-refractivity contribution is -0.119. The molecule has 0 radical (unpaired) electrons. The van der Waals surface area contributed by atoms with Gasteiger partial charge in [-0.05, 0) is 12.1 Å². The highest BCUT2D eigenvalue weighted by molar-refractivity contribution is 8.01. The number of carboxylic acids is 1. The largest absolute Gasteiger partial charge is 0.476 e. The maximum absolute atomic E-state index is 13.4. The fourth-order valence-corrected chi connectivity index (χ4v) is 4.22. The standard InChI is InChI=1S/C17H17F2N3O4S2/c18-12-2-1-10(5-13(12)19)22-3-4-26-11(7-22)6-20-15(23)9-28-17-21-14(8-27-17)16(24)25/h1-2,5,8,11H,3-4,6-7,9H2,(H,20,23)(H,24,25). The molecule has 1 aliphatic heterocycles. The third-order valence-corrected chi connectivity index (χ3v) is 5.98. The lowest BCUT2D eigenvalue weighted by Crippen LogP contribution is -2.47. The second kappa shape index (κ2) is 9.30. The highest BCUT2D eigenvalue weighted by Gasteiger charge is 2.22. The van der Waals surface area contributed by atoms with E-state index in [0.29, 0.717) is 29.7 Å². The van der Waals surface area contributed by atoms with Crippen LogP contribution in [-0.4, -0.2) is 60.1 Å². The molecule has 7 nitrogen and oxygen atoms in total. The first-order valence-electron chi connectivity index (χ1n) is 8.32. The van der Waals surface area contributed by atoms with Crippen LogP contribution in [0.3, 0.4) is 0 Å². The molecule has 28 heavy (non-hydrogen) atoms. The number of rotatable bonds is 7. The SMILES string of the molecule is O=C(CSc1nc(C(=O)O)cs1)NCC1CN(c2ccc(F)c(F)c2)CCO1. The number of carbonyl (C=O) groups is 2. The fourth-order valence-electron chi connectivity index (χ4n) is 2.59. The summed E-state index contributed by atoms with van der Waals surface area (Å²) >= 11 is 2.33. The topological polar surface area (TPSA) is 91.8 Å². The van der Waals surface area contributed by atoms with Gasteiger partial charge in [-0.25, -0.2) is 18.6 Å². The van der Waals surface area contributed by atoms with Crippen molar-refractivity contribution >= 4 is 40.7 Å². The van der Waals surface area contributed by atoms with Gasteiger partial charge in [-0.1, -0.05) is 11.8 Å². The Morgan fingerprint density at radius 2 is 2.21 bits per heavy atom. The van der Waals surface area contributed by atoms with Crippen LogP contribution in [0.4, 0.5) is 14.5 Å². The number of nitrogens with one attached hydrogen (secondary N) is 1. The summed E-state index contributed by atoms with van der Waals surface area (Å²) in [6.07, 6.45) is -0.283. The highest BCUT2D eigenvalue weighted by atomic mass is 32.2. The van der Waals surface area contributed by atoms with Gasteiger partial charge in [-0.15, -0.1) is 11.3 Å². The number of morpholine rings is 1. The predicted octanol–water partition coefficient (Wildman–Crippen LogP) is 2.23. The van der Waals surface area contributed by atoms with E-state index in [2.05, 4.69) is 10.3 Å². The number of nitrogens with zero attached hydrogens (tertiary/aromatic N) is 2. The van der Waals surface area contributed by atoms with Crippen LogP contribution in [0.15, 0.2) is 27.9 Å². The van der Waals surface area contributed by atoms with Gasteiger partial charge in [0.05, 0.1) is 18.5 Å². The van der Waals surface area contributed by atoms with Crippen molar-refractivity contribution in [3.8, 4) is 0 Å². The average molecular weight is 429 g/mol. The van der Waals surface area contributed by atoms with Crippen LogP contribution in [0.5, 0.6) is 0 Å². The molecule has 1 aromatic heterocycles. The van der Waals surface area contributed by atoms with Crippen LogP contribution >= 0.6 is 23.1 Å². The third-order valence-electron chi connectivity index (χ3n) is 3.96. The van der Waals surface area contributed by atoms with Crippen molar-refractivity contribution in [3.63, 3.8) is 0 Å². The number of ether oxygens (including phenoxy) is 1. The Kier molecular flexibility index (Phi) is 6.81. The molecule has 11 heteroatoms. The summed E-state index contributed by atoms with van der Waals surface area (Å²) < 4.78 is 32.6. The summed E-state index contributed by atoms with van der Waals surface area (Å²) in [4.78, 5) is 28.6. The van der Waals surface area contributed by atoms with Gasteiger partial charge < -0.3 is 20.1 Å². The Morgan fingerprint density at radius 3 is 2.93 bits per heavy atom. The van der Waals surface area contributed by atoms with Crippen molar-refractivity contribution in [2.24, 2.45) is 0 Å². The number of thioether (sulfide) groups is 1. The number of hydrogen-bond acceptors (Lipinski definition) is 7. The molecule has 2 aromatic rings. The van der Waals surface area contributed by atoms with Gasteiger partial charge in [0, 0.05) is 36.8 Å². The molecule has 1 fully saturated rings. The summed E-state index contributed by atoms with van der Waals surface area (Å²) in [5.41, 5.74) is 0.521. The highest BCUT2D eigenvalue weighted by Crippen LogP contribution is 2.23. The average Bonchev–Trinajstić information content (AvgIpc) is 3.16. The number of carbonyl (C=O) groups excluding carboxylic acids is 1. The third kappa shape index (κ3) is 5.40. The monoisotopic (exact) mass is 429 g/mol. The minimum atomic E-state index is -1.10. The Morgan fingerprint density at radius 1 is 1.39 bits per heavy atom. The summed E-state index contributed by atoms with van der Waals surface area (Å²) in [6, 6.07) is 3.74. The molecule has 1 amide bonds. The molecule has 1 aromatic carbocycles. The lowest BCUT2D eigenvalue weighted by Gasteiger charge is -2.34. The van der Waals surface area contributed by atoms with Crippen molar-refractivity contribution in [2.75, 3.05) is 36.9 Å². The van der Waals surface area contributed by atoms with Crippen LogP contribution in [0.1, 0.15) is 10.5 Å². The molecular formula is C17H17F2N3O4S2. The Labute approximate surface area is 167 Å². The van der Waals surface area contributed by atoms with Gasteiger partial charge in [0.1, 0.15) is 0 Å². The van der Waals surface area contributed by atoms with E-state index in [-0.39, 0.29) is 30.0 Å².